The van der Waals surface area contributed by atoms with Crippen molar-refractivity contribution in [2.45, 2.75) is 58.3 Å². The number of fused-ring (bicyclic) bond motifs is 1. The summed E-state index contributed by atoms with van der Waals surface area (Å²) in [5.41, 5.74) is 7.51. The van der Waals surface area contributed by atoms with Crippen molar-refractivity contribution in [2.24, 2.45) is 5.73 Å². The van der Waals surface area contributed by atoms with Crippen molar-refractivity contribution in [3.05, 3.63) is 17.6 Å². The van der Waals surface area contributed by atoms with Gasteiger partial charge in [-0.15, -0.1) is 0 Å². The number of aromatic nitrogens is 2. The van der Waals surface area contributed by atoms with E-state index in [2.05, 4.69) is 14.9 Å². The number of rotatable bonds is 1. The lowest BCUT2D eigenvalue weighted by Crippen LogP contribution is -2.43. The van der Waals surface area contributed by atoms with Gasteiger partial charge in [-0.3, -0.25) is 4.90 Å². The van der Waals surface area contributed by atoms with Gasteiger partial charge in [0.2, 0.25) is 0 Å². The van der Waals surface area contributed by atoms with E-state index in [1.807, 2.05) is 20.8 Å². The molecule has 23 heavy (non-hydrogen) atoms. The second-order valence-corrected chi connectivity index (χ2v) is 7.31. The Morgan fingerprint density at radius 1 is 1.35 bits per heavy atom. The molecular formula is C16H25N5O2. The quantitative estimate of drug-likeness (QED) is 0.847. The van der Waals surface area contributed by atoms with Gasteiger partial charge < -0.3 is 15.4 Å². The molecule has 0 radical (unpaired) electrons. The highest BCUT2D eigenvalue weighted by atomic mass is 16.6. The van der Waals surface area contributed by atoms with E-state index in [0.717, 1.165) is 43.0 Å². The van der Waals surface area contributed by atoms with Crippen molar-refractivity contribution in [3.63, 3.8) is 0 Å². The minimum absolute atomic E-state index is 0.178. The van der Waals surface area contributed by atoms with Crippen LogP contribution in [0.5, 0.6) is 0 Å². The van der Waals surface area contributed by atoms with Crippen LogP contribution in [0.25, 0.3) is 0 Å². The van der Waals surface area contributed by atoms with Crippen LogP contribution in [0.4, 0.5) is 10.6 Å². The first-order chi connectivity index (χ1) is 10.8. The highest BCUT2D eigenvalue weighted by Gasteiger charge is 2.32. The third-order valence-corrected chi connectivity index (χ3v) is 4.11. The number of carbonyl (C=O) groups excluding carboxylic acids is 1. The Kier molecular flexibility index (Phi) is 4.14. The average molecular weight is 319 g/mol. The molecule has 1 saturated heterocycles. The lowest BCUT2D eigenvalue weighted by molar-refractivity contribution is 0.0241. The third-order valence-electron chi connectivity index (χ3n) is 4.11. The van der Waals surface area contributed by atoms with Crippen LogP contribution >= 0.6 is 0 Å². The van der Waals surface area contributed by atoms with Crippen LogP contribution < -0.4 is 10.6 Å². The number of hydrogen-bond donors (Lipinski definition) is 1. The molecule has 1 amide bonds. The van der Waals surface area contributed by atoms with Crippen LogP contribution in [0.3, 0.4) is 0 Å². The molecule has 3 heterocycles. The van der Waals surface area contributed by atoms with Gasteiger partial charge in [-0.2, -0.15) is 0 Å². The Hall–Kier alpha value is -1.89. The predicted molar refractivity (Wildman–Crippen MR) is 86.9 cm³/mol. The van der Waals surface area contributed by atoms with Crippen LogP contribution in [-0.2, 0) is 17.8 Å². The minimum atomic E-state index is -0.500. The van der Waals surface area contributed by atoms with Gasteiger partial charge in [-0.1, -0.05) is 0 Å². The van der Waals surface area contributed by atoms with E-state index >= 15 is 0 Å². The van der Waals surface area contributed by atoms with E-state index in [4.69, 9.17) is 10.5 Å². The molecule has 1 aromatic heterocycles. The monoisotopic (exact) mass is 319 g/mol. The van der Waals surface area contributed by atoms with E-state index in [9.17, 15) is 4.79 Å². The molecule has 126 valence electrons. The summed E-state index contributed by atoms with van der Waals surface area (Å²) in [5, 5.41) is 0. The lowest BCUT2D eigenvalue weighted by Gasteiger charge is -2.32. The fraction of sp³-hybridized carbons (Fsp3) is 0.688. The molecular weight excluding hydrogens is 294 g/mol. The van der Waals surface area contributed by atoms with E-state index in [1.165, 1.54) is 0 Å². The number of ether oxygens (including phenoxy) is 1. The normalized spacial score (nSPS) is 21.3. The summed E-state index contributed by atoms with van der Waals surface area (Å²) < 4.78 is 5.46. The number of nitrogens with zero attached hydrogens (tertiary/aromatic N) is 4. The molecule has 0 spiro atoms. The van der Waals surface area contributed by atoms with Gasteiger partial charge in [0.15, 0.2) is 0 Å². The fourth-order valence-corrected chi connectivity index (χ4v) is 3.09. The summed E-state index contributed by atoms with van der Waals surface area (Å²) in [5.74, 6) is 0.913. The molecule has 2 N–H and O–H groups in total. The molecule has 0 bridgehead atoms. The van der Waals surface area contributed by atoms with Crippen molar-refractivity contribution < 1.29 is 9.53 Å². The number of anilines is 1. The fourth-order valence-electron chi connectivity index (χ4n) is 3.09. The van der Waals surface area contributed by atoms with Crippen LogP contribution in [0.2, 0.25) is 0 Å². The Morgan fingerprint density at radius 3 is 2.83 bits per heavy atom. The highest BCUT2D eigenvalue weighted by molar-refractivity contribution is 5.70. The smallest absolute Gasteiger partial charge is 0.410 e. The van der Waals surface area contributed by atoms with E-state index < -0.39 is 5.60 Å². The van der Waals surface area contributed by atoms with E-state index in [-0.39, 0.29) is 12.1 Å². The van der Waals surface area contributed by atoms with E-state index in [0.29, 0.717) is 13.1 Å². The van der Waals surface area contributed by atoms with Gasteiger partial charge in [-0.25, -0.2) is 14.8 Å². The van der Waals surface area contributed by atoms with Gasteiger partial charge in [0.1, 0.15) is 17.7 Å². The summed E-state index contributed by atoms with van der Waals surface area (Å²) in [6.45, 7) is 8.32. The molecule has 1 fully saturated rings. The number of amides is 1. The SMILES string of the molecule is CC(C)(C)OC(=O)N1Cc2ncnc(N3CCC[C@@H](N)C3)c2C1. The van der Waals surface area contributed by atoms with Crippen molar-refractivity contribution in [3.8, 4) is 0 Å². The van der Waals surface area contributed by atoms with Crippen molar-refractivity contribution in [1.29, 1.82) is 0 Å². The second kappa shape index (κ2) is 5.96. The maximum Gasteiger partial charge on any atom is 0.410 e. The molecule has 7 heteroatoms. The van der Waals surface area contributed by atoms with Crippen molar-refractivity contribution in [2.75, 3.05) is 18.0 Å². The Balaban J connectivity index is 1.77. The van der Waals surface area contributed by atoms with Gasteiger partial charge in [0, 0.05) is 24.7 Å². The molecule has 7 nitrogen and oxygen atoms in total. The summed E-state index contributed by atoms with van der Waals surface area (Å²) in [6, 6.07) is 0.178. The molecule has 1 aromatic rings. The molecule has 3 rings (SSSR count). The predicted octanol–water partition coefficient (Wildman–Crippen LogP) is 1.65. The third kappa shape index (κ3) is 3.55. The van der Waals surface area contributed by atoms with Gasteiger partial charge >= 0.3 is 6.09 Å². The van der Waals surface area contributed by atoms with Crippen molar-refractivity contribution >= 4 is 11.9 Å². The minimum Gasteiger partial charge on any atom is -0.444 e. The van der Waals surface area contributed by atoms with Crippen molar-refractivity contribution in [1.82, 2.24) is 14.9 Å². The van der Waals surface area contributed by atoms with Crippen LogP contribution in [0.15, 0.2) is 6.33 Å². The first-order valence-corrected chi connectivity index (χ1v) is 8.15. The topological polar surface area (TPSA) is 84.6 Å². The Bertz CT molecular complexity index is 599. The molecule has 1 atom stereocenters. The van der Waals surface area contributed by atoms with Gasteiger partial charge in [-0.05, 0) is 33.6 Å². The number of hydrogen-bond acceptors (Lipinski definition) is 6. The maximum atomic E-state index is 12.3. The number of carbonyl (C=O) groups is 1. The first kappa shape index (κ1) is 16.0. The first-order valence-electron chi connectivity index (χ1n) is 8.15. The number of nitrogens with two attached hydrogens (primary N) is 1. The molecule has 0 unspecified atom stereocenters. The zero-order valence-electron chi connectivity index (χ0n) is 14.1. The summed E-state index contributed by atoms with van der Waals surface area (Å²) in [7, 11) is 0. The zero-order valence-corrected chi connectivity index (χ0v) is 14.1. The average Bonchev–Trinajstić information content (AvgIpc) is 2.89. The number of piperidine rings is 1. The summed E-state index contributed by atoms with van der Waals surface area (Å²) in [4.78, 5) is 25.0. The molecule has 2 aliphatic heterocycles. The van der Waals surface area contributed by atoms with Crippen LogP contribution in [-0.4, -0.2) is 45.7 Å². The van der Waals surface area contributed by atoms with Crippen LogP contribution in [0, 0.1) is 0 Å². The highest BCUT2D eigenvalue weighted by Crippen LogP contribution is 2.30. The molecule has 2 aliphatic rings. The lowest BCUT2D eigenvalue weighted by atomic mass is 10.1. The van der Waals surface area contributed by atoms with Crippen LogP contribution in [0.1, 0.15) is 44.9 Å². The Labute approximate surface area is 136 Å². The largest absolute Gasteiger partial charge is 0.444 e. The molecule has 0 aliphatic carbocycles. The maximum absolute atomic E-state index is 12.3. The summed E-state index contributed by atoms with van der Waals surface area (Å²) >= 11 is 0. The van der Waals surface area contributed by atoms with Gasteiger partial charge in [0.25, 0.3) is 0 Å². The van der Waals surface area contributed by atoms with Gasteiger partial charge in [0.05, 0.1) is 18.8 Å². The molecule has 0 saturated carbocycles. The summed E-state index contributed by atoms with van der Waals surface area (Å²) in [6.07, 6.45) is 3.38. The molecule has 0 aromatic carbocycles. The standard InChI is InChI=1S/C16H25N5O2/c1-16(2,3)23-15(22)21-8-12-13(9-21)18-10-19-14(12)20-6-4-5-11(17)7-20/h10-11H,4-9,17H2,1-3H3/t11-/m1/s1. The van der Waals surface area contributed by atoms with E-state index in [1.54, 1.807) is 11.2 Å². The Morgan fingerprint density at radius 2 is 2.13 bits per heavy atom. The second-order valence-electron chi connectivity index (χ2n) is 7.31. The zero-order chi connectivity index (χ0) is 16.6.